The molecule has 2 nitrogen and oxygen atoms in total. The van der Waals surface area contributed by atoms with E-state index in [-0.39, 0.29) is 0 Å². The topological polar surface area (TPSA) is 25.3 Å². The summed E-state index contributed by atoms with van der Waals surface area (Å²) in [4.78, 5) is 0. The van der Waals surface area contributed by atoms with Crippen LogP contribution in [0.2, 0.25) is 11.8 Å². The van der Waals surface area contributed by atoms with E-state index in [0.29, 0.717) is 0 Å². The molecule has 2 aromatic carbocycles. The maximum absolute atomic E-state index is 11.9. The van der Waals surface area contributed by atoms with Crippen molar-refractivity contribution in [1.29, 1.82) is 0 Å². The Balaban J connectivity index is 0.00000206. The maximum atomic E-state index is 11.9. The first kappa shape index (κ1) is 37.2. The second-order valence-corrected chi connectivity index (χ2v) is 13.2. The van der Waals surface area contributed by atoms with Gasteiger partial charge in [0, 0.05) is 22.3 Å². The van der Waals surface area contributed by atoms with Crippen molar-refractivity contribution in [2.45, 2.75) is 155 Å². The van der Waals surface area contributed by atoms with Crippen molar-refractivity contribution in [1.82, 2.24) is 0 Å². The van der Waals surface area contributed by atoms with Crippen LogP contribution in [-0.4, -0.2) is 4.70 Å². The number of aryl methyl sites for hydroxylation is 2. The fraction of sp³-hybridized carbons (Fsp3) is 0.600. The third kappa shape index (κ3) is 12.5. The molecule has 3 rings (SSSR count). The number of allylic oxidation sites excluding steroid dienone is 2. The van der Waals surface area contributed by atoms with E-state index in [1.54, 1.807) is 19.1 Å². The number of unbranched alkanes of at least 4 members (excludes halogenated alkanes) is 10. The van der Waals surface area contributed by atoms with Crippen LogP contribution in [0.25, 0.3) is 16.9 Å². The first-order valence-electron chi connectivity index (χ1n) is 17.4. The van der Waals surface area contributed by atoms with Crippen LogP contribution in [0.15, 0.2) is 59.7 Å². The predicted octanol–water partition coefficient (Wildman–Crippen LogP) is 13.4. The Morgan fingerprint density at radius 1 is 0.465 bits per heavy atom. The van der Waals surface area contributed by atoms with Crippen molar-refractivity contribution >= 4 is 11.4 Å². The first-order chi connectivity index (χ1) is 21.1. The Hall–Kier alpha value is -1.99. The summed E-state index contributed by atoms with van der Waals surface area (Å²) in [5.74, 6) is 4.12. The Morgan fingerprint density at radius 3 is 1.21 bits per heavy atom. The van der Waals surface area contributed by atoms with Crippen LogP contribution in [0.4, 0.5) is 0 Å². The molecule has 0 saturated carbocycles. The van der Waals surface area contributed by atoms with Gasteiger partial charge in [-0.15, -0.1) is 0 Å². The summed E-state index contributed by atoms with van der Waals surface area (Å²) in [5, 5.41) is 0. The van der Waals surface area contributed by atoms with Gasteiger partial charge >= 0.3 is 26.2 Å². The zero-order valence-electron chi connectivity index (χ0n) is 28.6. The van der Waals surface area contributed by atoms with E-state index in [1.807, 2.05) is 0 Å². The van der Waals surface area contributed by atoms with Gasteiger partial charge in [0.25, 0.3) is 0 Å². The van der Waals surface area contributed by atoms with Crippen molar-refractivity contribution in [3.63, 3.8) is 0 Å². The van der Waals surface area contributed by atoms with Crippen molar-refractivity contribution in [2.24, 2.45) is 0 Å². The standard InChI is InChI=1S/C38H56N2.2CH3.Ni/c1-5-9-13-14-15-18-22-36-35(21-12-8-4)37(33-27-23-31(24-28-33)19-16-10-6-2)40(39)38(36)34-29-25-32(26-30-34)20-17-11-7-3;;;/h23-30H,5-22H2,1-4H3;2*1H3;. The second kappa shape index (κ2) is 22.5. The molecule has 1 aliphatic rings. The predicted molar refractivity (Wildman–Crippen MR) is 186 cm³/mol. The molecule has 0 spiro atoms. The molecule has 0 aliphatic carbocycles. The van der Waals surface area contributed by atoms with E-state index in [1.165, 1.54) is 99.3 Å². The van der Waals surface area contributed by atoms with Gasteiger partial charge in [-0.05, 0) is 86.8 Å². The Morgan fingerprint density at radius 2 is 0.791 bits per heavy atom. The van der Waals surface area contributed by atoms with Gasteiger partial charge < -0.3 is 5.53 Å². The number of hydrogen-bond donors (Lipinski definition) is 0. The summed E-state index contributed by atoms with van der Waals surface area (Å²) in [6, 6.07) is 18.1. The van der Waals surface area contributed by atoms with Gasteiger partial charge in [0.1, 0.15) is 0 Å². The first-order valence-corrected chi connectivity index (χ1v) is 19.4. The van der Waals surface area contributed by atoms with Gasteiger partial charge in [0.15, 0.2) is 0 Å². The van der Waals surface area contributed by atoms with Crippen LogP contribution in [-0.2, 0) is 27.3 Å². The average Bonchev–Trinajstić information content (AvgIpc) is 3.29. The molecule has 3 heteroatoms. The summed E-state index contributed by atoms with van der Waals surface area (Å²) >= 11 is 1.62. The van der Waals surface area contributed by atoms with Crippen LogP contribution in [0.5, 0.6) is 0 Å². The normalized spacial score (nSPS) is 13.2. The van der Waals surface area contributed by atoms with Gasteiger partial charge in [-0.25, -0.2) is 4.70 Å². The van der Waals surface area contributed by atoms with Crippen molar-refractivity contribution < 1.29 is 19.1 Å². The molecule has 1 heterocycles. The van der Waals surface area contributed by atoms with Crippen LogP contribution in [0.3, 0.4) is 0 Å². The Labute approximate surface area is 272 Å². The summed E-state index contributed by atoms with van der Waals surface area (Å²) in [6.07, 6.45) is 21.9. The molecular weight excluding hydrogens is 567 g/mol. The third-order valence-electron chi connectivity index (χ3n) is 8.51. The summed E-state index contributed by atoms with van der Waals surface area (Å²) in [5.41, 5.74) is 21.7. The molecule has 0 fully saturated rings. The molecule has 2 aromatic rings. The van der Waals surface area contributed by atoms with E-state index < -0.39 is 0 Å². The quantitative estimate of drug-likeness (QED) is 0.0791. The molecule has 0 bridgehead atoms. The zero-order valence-corrected chi connectivity index (χ0v) is 29.5. The molecular formula is C40H62N2Ni. The number of rotatable bonds is 20. The Bertz CT molecular complexity index is 1110. The van der Waals surface area contributed by atoms with Gasteiger partial charge in [0.05, 0.1) is 0 Å². The molecule has 0 radical (unpaired) electrons. The Kier molecular flexibility index (Phi) is 19.5. The van der Waals surface area contributed by atoms with E-state index in [0.717, 1.165) is 61.0 Å². The summed E-state index contributed by atoms with van der Waals surface area (Å²) in [7, 11) is 0. The molecule has 0 N–H and O–H groups in total. The molecule has 0 amide bonds. The third-order valence-corrected chi connectivity index (χ3v) is 8.51. The van der Waals surface area contributed by atoms with Crippen LogP contribution in [0, 0.1) is 0 Å². The van der Waals surface area contributed by atoms with Gasteiger partial charge in [-0.3, -0.25) is 0 Å². The molecule has 0 saturated heterocycles. The summed E-state index contributed by atoms with van der Waals surface area (Å²) in [6.45, 7) is 9.07. The molecule has 0 atom stereocenters. The SMILES string of the molecule is CCCCCCCCC1=C(c2ccc(CCCCC)cc2)[N+](=[N-])C(c2ccc(CCCCC)cc2)=C1CCCC.[CH3][Ni][CH3]. The van der Waals surface area contributed by atoms with Crippen LogP contribution in [0.1, 0.15) is 153 Å². The molecule has 43 heavy (non-hydrogen) atoms. The fourth-order valence-electron chi connectivity index (χ4n) is 6.04. The van der Waals surface area contributed by atoms with Crippen molar-refractivity contribution in [3.8, 4) is 0 Å². The second-order valence-electron chi connectivity index (χ2n) is 12.2. The minimum atomic E-state index is 1.01. The van der Waals surface area contributed by atoms with Gasteiger partial charge in [0.2, 0.25) is 11.4 Å². The zero-order chi connectivity index (χ0) is 31.3. The van der Waals surface area contributed by atoms with E-state index >= 15 is 0 Å². The summed E-state index contributed by atoms with van der Waals surface area (Å²) < 4.78 is 1.55. The molecule has 0 aromatic heterocycles. The number of nitrogens with zero attached hydrogens (tertiary/aromatic N) is 2. The van der Waals surface area contributed by atoms with E-state index in [4.69, 9.17) is 0 Å². The van der Waals surface area contributed by atoms with Crippen LogP contribution < -0.4 is 0 Å². The van der Waals surface area contributed by atoms with Crippen molar-refractivity contribution in [3.05, 3.63) is 87.5 Å². The van der Waals surface area contributed by atoms with Crippen molar-refractivity contribution in [2.75, 3.05) is 0 Å². The van der Waals surface area contributed by atoms with E-state index in [2.05, 4.69) is 88.0 Å². The van der Waals surface area contributed by atoms with Gasteiger partial charge in [-0.2, -0.15) is 0 Å². The van der Waals surface area contributed by atoms with Crippen LogP contribution >= 0.6 is 0 Å². The number of hydrogen-bond acceptors (Lipinski definition) is 0. The fourth-order valence-corrected chi connectivity index (χ4v) is 6.04. The molecule has 242 valence electrons. The number of benzene rings is 2. The average molecular weight is 630 g/mol. The monoisotopic (exact) mass is 628 g/mol. The van der Waals surface area contributed by atoms with E-state index in [9.17, 15) is 5.53 Å². The molecule has 1 aliphatic heterocycles. The van der Waals surface area contributed by atoms with Gasteiger partial charge in [-0.1, -0.05) is 116 Å². The minimum absolute atomic E-state index is 1.01. The molecule has 0 unspecified atom stereocenters.